The predicted octanol–water partition coefficient (Wildman–Crippen LogP) is 1.92. The molecule has 1 aliphatic carbocycles. The summed E-state index contributed by atoms with van der Waals surface area (Å²) >= 11 is 0. The van der Waals surface area contributed by atoms with Crippen LogP contribution in [0, 0.1) is 5.92 Å². The maximum atomic E-state index is 5.97. The average molecular weight is 260 g/mol. The largest absolute Gasteiger partial charge is 0.352 e. The molecule has 0 bridgehead atoms. The van der Waals surface area contributed by atoms with Crippen LogP contribution in [0.1, 0.15) is 43.9 Å². The van der Waals surface area contributed by atoms with Crippen LogP contribution < -0.4 is 10.6 Å². The van der Waals surface area contributed by atoms with Crippen molar-refractivity contribution in [2.75, 3.05) is 18.0 Å². The van der Waals surface area contributed by atoms with Gasteiger partial charge >= 0.3 is 0 Å². The molecule has 2 heterocycles. The zero-order valence-corrected chi connectivity index (χ0v) is 11.8. The van der Waals surface area contributed by atoms with Crippen LogP contribution in [-0.4, -0.2) is 29.1 Å². The molecular formula is C15H24N4. The Balaban J connectivity index is 1.96. The molecule has 0 radical (unpaired) electrons. The molecule has 1 aliphatic heterocycles. The van der Waals surface area contributed by atoms with Gasteiger partial charge in [0.25, 0.3) is 0 Å². The minimum atomic E-state index is 0.447. The van der Waals surface area contributed by atoms with E-state index >= 15 is 0 Å². The molecule has 4 heteroatoms. The Hall–Kier alpha value is -1.16. The molecule has 2 unspecified atom stereocenters. The maximum Gasteiger partial charge on any atom is 0.135 e. The van der Waals surface area contributed by atoms with Crippen LogP contribution in [0.15, 0.2) is 6.33 Å². The summed E-state index contributed by atoms with van der Waals surface area (Å²) < 4.78 is 0. The zero-order valence-electron chi connectivity index (χ0n) is 11.8. The summed E-state index contributed by atoms with van der Waals surface area (Å²) in [7, 11) is 0. The van der Waals surface area contributed by atoms with Crippen molar-refractivity contribution in [3.05, 3.63) is 17.6 Å². The van der Waals surface area contributed by atoms with E-state index in [4.69, 9.17) is 5.73 Å². The Morgan fingerprint density at radius 2 is 2.11 bits per heavy atom. The van der Waals surface area contributed by atoms with E-state index in [1.54, 1.807) is 6.33 Å². The second-order valence-electron chi connectivity index (χ2n) is 5.95. The molecule has 1 fully saturated rings. The number of aromatic nitrogens is 2. The van der Waals surface area contributed by atoms with Crippen LogP contribution in [0.2, 0.25) is 0 Å². The number of rotatable bonds is 2. The van der Waals surface area contributed by atoms with Crippen molar-refractivity contribution >= 4 is 5.82 Å². The number of nitrogens with zero attached hydrogens (tertiary/aromatic N) is 3. The highest BCUT2D eigenvalue weighted by atomic mass is 15.2. The molecule has 104 valence electrons. The first-order chi connectivity index (χ1) is 9.31. The van der Waals surface area contributed by atoms with Gasteiger partial charge in [0, 0.05) is 30.4 Å². The number of hydrogen-bond donors (Lipinski definition) is 1. The summed E-state index contributed by atoms with van der Waals surface area (Å²) in [4.78, 5) is 11.6. The maximum absolute atomic E-state index is 5.97. The number of hydrogen-bond acceptors (Lipinski definition) is 4. The fourth-order valence-corrected chi connectivity index (χ4v) is 3.56. The molecule has 1 aromatic rings. The van der Waals surface area contributed by atoms with Gasteiger partial charge < -0.3 is 10.6 Å². The Bertz CT molecular complexity index is 446. The quantitative estimate of drug-likeness (QED) is 0.825. The topological polar surface area (TPSA) is 55.0 Å². The highest BCUT2D eigenvalue weighted by Crippen LogP contribution is 2.33. The molecule has 19 heavy (non-hydrogen) atoms. The normalized spacial score (nSPS) is 27.2. The fraction of sp³-hybridized carbons (Fsp3) is 0.733. The van der Waals surface area contributed by atoms with E-state index in [0.717, 1.165) is 25.9 Å². The molecule has 2 atom stereocenters. The Kier molecular flexibility index (Phi) is 3.69. The summed E-state index contributed by atoms with van der Waals surface area (Å²) in [6, 6.07) is 0.447. The minimum Gasteiger partial charge on any atom is -0.352 e. The molecule has 0 aromatic carbocycles. The van der Waals surface area contributed by atoms with Crippen molar-refractivity contribution in [3.63, 3.8) is 0 Å². The highest BCUT2D eigenvalue weighted by molar-refractivity contribution is 5.51. The molecule has 2 aliphatic rings. The minimum absolute atomic E-state index is 0.447. The van der Waals surface area contributed by atoms with Crippen LogP contribution in [0.3, 0.4) is 0 Å². The summed E-state index contributed by atoms with van der Waals surface area (Å²) in [5, 5.41) is 0. The first kappa shape index (κ1) is 12.9. The van der Waals surface area contributed by atoms with E-state index in [9.17, 15) is 0 Å². The van der Waals surface area contributed by atoms with E-state index in [1.165, 1.54) is 42.8 Å². The van der Waals surface area contributed by atoms with Crippen LogP contribution in [0.25, 0.3) is 0 Å². The van der Waals surface area contributed by atoms with Gasteiger partial charge in [0.15, 0.2) is 0 Å². The second-order valence-corrected chi connectivity index (χ2v) is 5.95. The van der Waals surface area contributed by atoms with Crippen molar-refractivity contribution < 1.29 is 0 Å². The van der Waals surface area contributed by atoms with Crippen molar-refractivity contribution in [1.82, 2.24) is 9.97 Å². The molecule has 0 saturated carbocycles. The van der Waals surface area contributed by atoms with Gasteiger partial charge in [-0.15, -0.1) is 0 Å². The van der Waals surface area contributed by atoms with Gasteiger partial charge in [0.05, 0.1) is 0 Å². The Labute approximate surface area is 115 Å². The first-order valence-electron chi connectivity index (χ1n) is 7.60. The SMILES string of the molecule is CC1CCN(c2ncnc3c2CCCCC3)C1CN. The average Bonchev–Trinajstić information content (AvgIpc) is 2.64. The molecule has 0 spiro atoms. The smallest absolute Gasteiger partial charge is 0.135 e. The van der Waals surface area contributed by atoms with E-state index in [1.807, 2.05) is 0 Å². The van der Waals surface area contributed by atoms with Crippen molar-refractivity contribution in [2.24, 2.45) is 11.7 Å². The van der Waals surface area contributed by atoms with Gasteiger partial charge in [0.2, 0.25) is 0 Å². The van der Waals surface area contributed by atoms with Gasteiger partial charge in [-0.05, 0) is 38.0 Å². The number of fused-ring (bicyclic) bond motifs is 1. The van der Waals surface area contributed by atoms with Crippen molar-refractivity contribution in [3.8, 4) is 0 Å². The van der Waals surface area contributed by atoms with Crippen molar-refractivity contribution in [2.45, 2.75) is 51.5 Å². The van der Waals surface area contributed by atoms with Gasteiger partial charge in [-0.3, -0.25) is 0 Å². The van der Waals surface area contributed by atoms with Crippen LogP contribution in [-0.2, 0) is 12.8 Å². The molecule has 2 N–H and O–H groups in total. The van der Waals surface area contributed by atoms with Crippen LogP contribution in [0.4, 0.5) is 5.82 Å². The van der Waals surface area contributed by atoms with E-state index < -0.39 is 0 Å². The van der Waals surface area contributed by atoms with E-state index in [-0.39, 0.29) is 0 Å². The fourth-order valence-electron chi connectivity index (χ4n) is 3.56. The molecular weight excluding hydrogens is 236 g/mol. The van der Waals surface area contributed by atoms with Crippen molar-refractivity contribution in [1.29, 1.82) is 0 Å². The third kappa shape index (κ3) is 2.34. The second kappa shape index (κ2) is 5.45. The Morgan fingerprint density at radius 3 is 2.95 bits per heavy atom. The summed E-state index contributed by atoms with van der Waals surface area (Å²) in [5.41, 5.74) is 8.65. The van der Waals surface area contributed by atoms with Gasteiger partial charge in [-0.2, -0.15) is 0 Å². The molecule has 0 amide bonds. The zero-order chi connectivity index (χ0) is 13.2. The van der Waals surface area contributed by atoms with E-state index in [0.29, 0.717) is 12.0 Å². The van der Waals surface area contributed by atoms with Gasteiger partial charge in [-0.1, -0.05) is 13.3 Å². The molecule has 1 aromatic heterocycles. The highest BCUT2D eigenvalue weighted by Gasteiger charge is 2.32. The predicted molar refractivity (Wildman–Crippen MR) is 77.3 cm³/mol. The third-order valence-corrected chi connectivity index (χ3v) is 4.75. The summed E-state index contributed by atoms with van der Waals surface area (Å²) in [6.45, 7) is 4.11. The summed E-state index contributed by atoms with van der Waals surface area (Å²) in [5.74, 6) is 1.84. The lowest BCUT2D eigenvalue weighted by molar-refractivity contribution is 0.516. The van der Waals surface area contributed by atoms with E-state index in [2.05, 4.69) is 21.8 Å². The standard InChI is InChI=1S/C15H24N4/c1-11-7-8-19(14(11)9-16)15-12-5-3-2-4-6-13(12)17-10-18-15/h10-11,14H,2-9,16H2,1H3. The number of aryl methyl sites for hydroxylation is 1. The monoisotopic (exact) mass is 260 g/mol. The first-order valence-corrected chi connectivity index (χ1v) is 7.60. The third-order valence-electron chi connectivity index (χ3n) is 4.75. The number of anilines is 1. The molecule has 4 nitrogen and oxygen atoms in total. The van der Waals surface area contributed by atoms with Crippen LogP contribution in [0.5, 0.6) is 0 Å². The summed E-state index contributed by atoms with van der Waals surface area (Å²) in [6.07, 6.45) is 9.06. The molecule has 1 saturated heterocycles. The number of nitrogens with two attached hydrogens (primary N) is 1. The van der Waals surface area contributed by atoms with Crippen LogP contribution >= 0.6 is 0 Å². The van der Waals surface area contributed by atoms with Gasteiger partial charge in [-0.25, -0.2) is 9.97 Å². The van der Waals surface area contributed by atoms with Gasteiger partial charge in [0.1, 0.15) is 12.1 Å². The Morgan fingerprint density at radius 1 is 1.26 bits per heavy atom. The lowest BCUT2D eigenvalue weighted by Crippen LogP contribution is -2.39. The molecule has 3 rings (SSSR count). The lowest BCUT2D eigenvalue weighted by atomic mass is 10.0. The lowest BCUT2D eigenvalue weighted by Gasteiger charge is -2.28.